The first-order valence-corrected chi connectivity index (χ1v) is 7.40. The molecular weight excluding hydrogens is 328 g/mol. The molecular formula is C17H23ClN4O2. The average Bonchev–Trinajstić information content (AvgIpc) is 2.47. The molecule has 2 aromatic rings. The second kappa shape index (κ2) is 8.08. The van der Waals surface area contributed by atoms with E-state index in [1.165, 1.54) is 0 Å². The molecule has 1 amide bonds. The van der Waals surface area contributed by atoms with Crippen LogP contribution >= 0.6 is 12.4 Å². The van der Waals surface area contributed by atoms with Gasteiger partial charge in [-0.15, -0.1) is 12.4 Å². The van der Waals surface area contributed by atoms with Crippen molar-refractivity contribution in [3.63, 3.8) is 0 Å². The summed E-state index contributed by atoms with van der Waals surface area (Å²) in [4.78, 5) is 20.3. The molecule has 0 aliphatic rings. The number of aromatic nitrogens is 2. The molecule has 0 radical (unpaired) electrons. The summed E-state index contributed by atoms with van der Waals surface area (Å²) in [5.74, 6) is 0.377. The topological polar surface area (TPSA) is 90.1 Å². The zero-order valence-electron chi connectivity index (χ0n) is 14.2. The number of hydrogen-bond acceptors (Lipinski definition) is 5. The van der Waals surface area contributed by atoms with Crippen LogP contribution in [-0.2, 0) is 4.79 Å². The van der Waals surface area contributed by atoms with Crippen molar-refractivity contribution in [2.45, 2.75) is 33.7 Å². The number of carbonyl (C=O) groups excluding carboxylic acids is 1. The van der Waals surface area contributed by atoms with E-state index in [2.05, 4.69) is 15.3 Å². The number of amides is 1. The third-order valence-electron chi connectivity index (χ3n) is 3.32. The largest absolute Gasteiger partial charge is 0.424 e. The van der Waals surface area contributed by atoms with E-state index in [4.69, 9.17) is 10.5 Å². The van der Waals surface area contributed by atoms with Crippen molar-refractivity contribution < 1.29 is 9.53 Å². The van der Waals surface area contributed by atoms with Gasteiger partial charge in [0, 0.05) is 17.6 Å². The van der Waals surface area contributed by atoms with Crippen molar-refractivity contribution in [3.8, 4) is 11.8 Å². The number of rotatable bonds is 4. The Morgan fingerprint density at radius 2 is 1.83 bits per heavy atom. The molecule has 0 unspecified atom stereocenters. The van der Waals surface area contributed by atoms with Crippen molar-refractivity contribution in [1.29, 1.82) is 0 Å². The molecule has 7 heteroatoms. The normalized spacial score (nSPS) is 12.0. The molecule has 24 heavy (non-hydrogen) atoms. The van der Waals surface area contributed by atoms with E-state index in [9.17, 15) is 4.79 Å². The Morgan fingerprint density at radius 3 is 2.38 bits per heavy atom. The van der Waals surface area contributed by atoms with Gasteiger partial charge in [-0.05, 0) is 42.7 Å². The van der Waals surface area contributed by atoms with Crippen molar-refractivity contribution >= 4 is 24.0 Å². The van der Waals surface area contributed by atoms with E-state index in [0.29, 0.717) is 11.4 Å². The number of hydrogen-bond donors (Lipinski definition) is 2. The van der Waals surface area contributed by atoms with E-state index in [1.54, 1.807) is 36.5 Å². The van der Waals surface area contributed by atoms with Crippen LogP contribution in [0.5, 0.6) is 11.8 Å². The van der Waals surface area contributed by atoms with Gasteiger partial charge in [-0.25, -0.2) is 9.97 Å². The average molecular weight is 351 g/mol. The standard InChI is InChI=1S/C17H22N4O2.ClH/c1-11-9-10-19-16(20-11)23-13-7-5-12(6-8-13)21-15(22)14(18)17(2,3)4;/h5-10,14H,18H2,1-4H3,(H,21,22);1H/t14-;/m1./s1. The molecule has 0 bridgehead atoms. The highest BCUT2D eigenvalue weighted by Crippen LogP contribution is 2.22. The molecule has 1 heterocycles. The molecule has 1 atom stereocenters. The SMILES string of the molecule is Cc1ccnc(Oc2ccc(NC(=O)[C@@H](N)C(C)(C)C)cc2)n1.Cl. The lowest BCUT2D eigenvalue weighted by molar-refractivity contribution is -0.119. The van der Waals surface area contributed by atoms with Gasteiger partial charge in [-0.1, -0.05) is 20.8 Å². The summed E-state index contributed by atoms with van der Waals surface area (Å²) >= 11 is 0. The maximum absolute atomic E-state index is 12.1. The summed E-state index contributed by atoms with van der Waals surface area (Å²) in [6, 6.07) is 8.48. The lowest BCUT2D eigenvalue weighted by Crippen LogP contribution is -2.45. The van der Waals surface area contributed by atoms with Crippen LogP contribution in [0.15, 0.2) is 36.5 Å². The van der Waals surface area contributed by atoms with Gasteiger partial charge < -0.3 is 15.8 Å². The fraction of sp³-hybridized carbons (Fsp3) is 0.353. The fourth-order valence-corrected chi connectivity index (χ4v) is 1.80. The van der Waals surface area contributed by atoms with Crippen LogP contribution in [0.4, 0.5) is 5.69 Å². The summed E-state index contributed by atoms with van der Waals surface area (Å²) in [6.07, 6.45) is 1.64. The first-order valence-electron chi connectivity index (χ1n) is 7.40. The summed E-state index contributed by atoms with van der Waals surface area (Å²) < 4.78 is 5.56. The third kappa shape index (κ3) is 5.47. The van der Waals surface area contributed by atoms with Gasteiger partial charge in [0.05, 0.1) is 6.04 Å². The van der Waals surface area contributed by atoms with Crippen molar-refractivity contribution in [2.75, 3.05) is 5.32 Å². The number of nitrogens with two attached hydrogens (primary N) is 1. The monoisotopic (exact) mass is 350 g/mol. The first kappa shape index (κ1) is 19.9. The van der Waals surface area contributed by atoms with Crippen molar-refractivity contribution in [1.82, 2.24) is 9.97 Å². The molecule has 0 saturated heterocycles. The van der Waals surface area contributed by atoms with E-state index in [0.717, 1.165) is 5.69 Å². The number of benzene rings is 1. The molecule has 1 aromatic carbocycles. The number of ether oxygens (including phenoxy) is 1. The van der Waals surface area contributed by atoms with Crippen LogP contribution in [0.2, 0.25) is 0 Å². The molecule has 0 spiro atoms. The molecule has 130 valence electrons. The Bertz CT molecular complexity index is 684. The van der Waals surface area contributed by atoms with Crippen LogP contribution in [0.3, 0.4) is 0 Å². The summed E-state index contributed by atoms with van der Waals surface area (Å²) in [5, 5.41) is 2.80. The van der Waals surface area contributed by atoms with Gasteiger partial charge in [0.15, 0.2) is 0 Å². The number of anilines is 1. The van der Waals surface area contributed by atoms with Crippen LogP contribution < -0.4 is 15.8 Å². The van der Waals surface area contributed by atoms with Gasteiger partial charge in [0.1, 0.15) is 5.75 Å². The Morgan fingerprint density at radius 1 is 1.21 bits per heavy atom. The summed E-state index contributed by atoms with van der Waals surface area (Å²) in [6.45, 7) is 7.65. The Kier molecular flexibility index (Phi) is 6.69. The highest BCUT2D eigenvalue weighted by atomic mass is 35.5. The van der Waals surface area contributed by atoms with Gasteiger partial charge >= 0.3 is 6.01 Å². The van der Waals surface area contributed by atoms with E-state index in [1.807, 2.05) is 27.7 Å². The minimum atomic E-state index is -0.584. The predicted molar refractivity (Wildman–Crippen MR) is 96.6 cm³/mol. The number of aryl methyl sites for hydroxylation is 1. The zero-order chi connectivity index (χ0) is 17.0. The summed E-state index contributed by atoms with van der Waals surface area (Å²) in [5.41, 5.74) is 7.13. The number of carbonyl (C=O) groups is 1. The molecule has 0 fully saturated rings. The number of nitrogens with zero attached hydrogens (tertiary/aromatic N) is 2. The van der Waals surface area contributed by atoms with Gasteiger partial charge in [-0.2, -0.15) is 0 Å². The highest BCUT2D eigenvalue weighted by molar-refractivity contribution is 5.95. The van der Waals surface area contributed by atoms with E-state index < -0.39 is 6.04 Å². The first-order chi connectivity index (χ1) is 10.8. The quantitative estimate of drug-likeness (QED) is 0.882. The number of halogens is 1. The Balaban J connectivity index is 0.00000288. The fourth-order valence-electron chi connectivity index (χ4n) is 1.80. The van der Waals surface area contributed by atoms with Crippen LogP contribution in [-0.4, -0.2) is 21.9 Å². The maximum Gasteiger partial charge on any atom is 0.322 e. The maximum atomic E-state index is 12.1. The second-order valence-corrected chi connectivity index (χ2v) is 6.44. The number of nitrogens with one attached hydrogen (secondary N) is 1. The smallest absolute Gasteiger partial charge is 0.322 e. The lowest BCUT2D eigenvalue weighted by Gasteiger charge is -2.25. The van der Waals surface area contributed by atoms with E-state index in [-0.39, 0.29) is 29.7 Å². The van der Waals surface area contributed by atoms with Gasteiger partial charge in [0.2, 0.25) is 5.91 Å². The predicted octanol–water partition coefficient (Wildman–Crippen LogP) is 3.31. The molecule has 0 aliphatic carbocycles. The molecule has 6 nitrogen and oxygen atoms in total. The molecule has 3 N–H and O–H groups in total. The van der Waals surface area contributed by atoms with Crippen LogP contribution in [0.1, 0.15) is 26.5 Å². The van der Waals surface area contributed by atoms with Gasteiger partial charge in [0.25, 0.3) is 0 Å². The van der Waals surface area contributed by atoms with Crippen LogP contribution in [0.25, 0.3) is 0 Å². The van der Waals surface area contributed by atoms with Crippen LogP contribution in [0, 0.1) is 12.3 Å². The van der Waals surface area contributed by atoms with Crippen molar-refractivity contribution in [3.05, 3.63) is 42.2 Å². The molecule has 1 aromatic heterocycles. The zero-order valence-corrected chi connectivity index (χ0v) is 15.1. The van der Waals surface area contributed by atoms with Gasteiger partial charge in [-0.3, -0.25) is 4.79 Å². The highest BCUT2D eigenvalue weighted by Gasteiger charge is 2.27. The summed E-state index contributed by atoms with van der Waals surface area (Å²) in [7, 11) is 0. The van der Waals surface area contributed by atoms with Crippen molar-refractivity contribution in [2.24, 2.45) is 11.1 Å². The Labute approximate surface area is 148 Å². The molecule has 0 saturated carbocycles. The second-order valence-electron chi connectivity index (χ2n) is 6.44. The minimum Gasteiger partial charge on any atom is -0.424 e. The lowest BCUT2D eigenvalue weighted by atomic mass is 9.87. The Hall–Kier alpha value is -2.18. The minimum absolute atomic E-state index is 0. The molecule has 2 rings (SSSR count). The van der Waals surface area contributed by atoms with E-state index >= 15 is 0 Å². The molecule has 0 aliphatic heterocycles. The third-order valence-corrected chi connectivity index (χ3v) is 3.32.